The number of hydrogen-bond acceptors (Lipinski definition) is 3. The zero-order chi connectivity index (χ0) is 21.5. The molecule has 1 N–H and O–H groups in total. The fourth-order valence-corrected chi connectivity index (χ4v) is 6.87. The summed E-state index contributed by atoms with van der Waals surface area (Å²) in [5, 5.41) is 11.3. The second-order valence-electron chi connectivity index (χ2n) is 8.66. The molecule has 0 radical (unpaired) electrons. The fraction of sp³-hybridized carbons (Fsp3) is 0.231. The first-order valence-electron chi connectivity index (χ1n) is 10.5. The van der Waals surface area contributed by atoms with Crippen LogP contribution in [0.2, 0.25) is 0 Å². The molecule has 5 heteroatoms. The van der Waals surface area contributed by atoms with Gasteiger partial charge in [-0.15, -0.1) is 0 Å². The summed E-state index contributed by atoms with van der Waals surface area (Å²) >= 11 is 3.51. The number of nitrogens with zero attached hydrogens (tertiary/aromatic N) is 1. The lowest BCUT2D eigenvalue weighted by molar-refractivity contribution is -0.126. The molecule has 0 saturated carbocycles. The van der Waals surface area contributed by atoms with Crippen LogP contribution >= 0.6 is 15.9 Å². The Balaban J connectivity index is 1.68. The van der Waals surface area contributed by atoms with E-state index in [4.69, 9.17) is 0 Å². The summed E-state index contributed by atoms with van der Waals surface area (Å²) in [4.78, 5) is 29.2. The SMILES string of the molecule is C[C@@H](O)C12c3ccccc3C(c3ccccc31)[C@@H]1C(=O)N(c3ccccc3Br)C(=O)[C@@H]12. The number of anilines is 1. The van der Waals surface area contributed by atoms with Crippen LogP contribution in [0.5, 0.6) is 0 Å². The molecule has 7 rings (SSSR count). The zero-order valence-corrected chi connectivity index (χ0v) is 18.4. The smallest absolute Gasteiger partial charge is 0.239 e. The molecule has 2 amide bonds. The quantitative estimate of drug-likeness (QED) is 0.561. The maximum atomic E-state index is 14.0. The van der Waals surface area contributed by atoms with Crippen LogP contribution < -0.4 is 4.90 Å². The van der Waals surface area contributed by atoms with Gasteiger partial charge in [0.1, 0.15) is 0 Å². The summed E-state index contributed by atoms with van der Waals surface area (Å²) in [6, 6.07) is 23.3. The summed E-state index contributed by atoms with van der Waals surface area (Å²) in [6.45, 7) is 1.75. The molecule has 3 atom stereocenters. The van der Waals surface area contributed by atoms with E-state index in [-0.39, 0.29) is 17.7 Å². The minimum Gasteiger partial charge on any atom is -0.392 e. The van der Waals surface area contributed by atoms with Crippen LogP contribution in [-0.2, 0) is 15.0 Å². The topological polar surface area (TPSA) is 57.6 Å². The number of amides is 2. The summed E-state index contributed by atoms with van der Waals surface area (Å²) in [5.41, 5.74) is 3.60. The number of imide groups is 1. The average Bonchev–Trinajstić information content (AvgIpc) is 3.05. The molecule has 31 heavy (non-hydrogen) atoms. The highest BCUT2D eigenvalue weighted by atomic mass is 79.9. The van der Waals surface area contributed by atoms with Crippen LogP contribution in [0, 0.1) is 11.8 Å². The van der Waals surface area contributed by atoms with Crippen molar-refractivity contribution < 1.29 is 14.7 Å². The summed E-state index contributed by atoms with van der Waals surface area (Å²) in [7, 11) is 0. The second kappa shape index (κ2) is 6.38. The molecule has 0 spiro atoms. The first-order valence-corrected chi connectivity index (χ1v) is 11.3. The Kier molecular flexibility index (Phi) is 3.90. The van der Waals surface area contributed by atoms with Crippen molar-refractivity contribution >= 4 is 33.4 Å². The minimum atomic E-state index is -0.963. The maximum Gasteiger partial charge on any atom is 0.239 e. The number of carbonyl (C=O) groups excluding carboxylic acids is 2. The normalized spacial score (nSPS) is 28.9. The Morgan fingerprint density at radius 2 is 1.42 bits per heavy atom. The van der Waals surface area contributed by atoms with E-state index in [1.807, 2.05) is 66.7 Å². The van der Waals surface area contributed by atoms with Crippen molar-refractivity contribution in [1.82, 2.24) is 0 Å². The van der Waals surface area contributed by atoms with Gasteiger partial charge in [-0.3, -0.25) is 9.59 Å². The molecule has 1 fully saturated rings. The second-order valence-corrected chi connectivity index (χ2v) is 9.52. The maximum absolute atomic E-state index is 14.0. The van der Waals surface area contributed by atoms with Crippen molar-refractivity contribution in [1.29, 1.82) is 0 Å². The number of aliphatic hydroxyl groups is 1. The molecule has 4 nitrogen and oxygen atoms in total. The molecule has 4 aliphatic rings. The van der Waals surface area contributed by atoms with Gasteiger partial charge >= 0.3 is 0 Å². The highest BCUT2D eigenvalue weighted by molar-refractivity contribution is 9.10. The predicted molar refractivity (Wildman–Crippen MR) is 121 cm³/mol. The van der Waals surface area contributed by atoms with E-state index in [0.717, 1.165) is 22.3 Å². The third-order valence-corrected chi connectivity index (χ3v) is 8.11. The number of para-hydroxylation sites is 1. The van der Waals surface area contributed by atoms with Gasteiger partial charge in [0.15, 0.2) is 0 Å². The first kappa shape index (κ1) is 19.0. The fourth-order valence-electron chi connectivity index (χ4n) is 6.41. The molecule has 3 aliphatic carbocycles. The van der Waals surface area contributed by atoms with E-state index < -0.39 is 23.4 Å². The van der Waals surface area contributed by atoms with Crippen molar-refractivity contribution in [3.05, 3.63) is 99.5 Å². The van der Waals surface area contributed by atoms with E-state index >= 15 is 0 Å². The third-order valence-electron chi connectivity index (χ3n) is 7.44. The molecule has 154 valence electrons. The Morgan fingerprint density at radius 1 is 0.871 bits per heavy atom. The Labute approximate surface area is 188 Å². The molecule has 3 aromatic carbocycles. The number of aliphatic hydroxyl groups excluding tert-OH is 1. The van der Waals surface area contributed by atoms with E-state index in [2.05, 4.69) is 15.9 Å². The molecule has 0 unspecified atom stereocenters. The monoisotopic (exact) mass is 473 g/mol. The molecule has 2 bridgehead atoms. The lowest BCUT2D eigenvalue weighted by Crippen LogP contribution is -2.58. The lowest BCUT2D eigenvalue weighted by atomic mass is 9.46. The molecule has 3 aromatic rings. The van der Waals surface area contributed by atoms with Gasteiger partial charge in [-0.1, -0.05) is 60.7 Å². The van der Waals surface area contributed by atoms with Gasteiger partial charge in [0, 0.05) is 10.4 Å². The average molecular weight is 474 g/mol. The van der Waals surface area contributed by atoms with Crippen molar-refractivity contribution in [2.45, 2.75) is 24.4 Å². The minimum absolute atomic E-state index is 0.194. The highest BCUT2D eigenvalue weighted by Gasteiger charge is 2.69. The zero-order valence-electron chi connectivity index (χ0n) is 16.8. The first-order chi connectivity index (χ1) is 15.0. The van der Waals surface area contributed by atoms with Crippen molar-refractivity contribution in [2.24, 2.45) is 11.8 Å². The third kappa shape index (κ3) is 2.13. The van der Waals surface area contributed by atoms with Crippen LogP contribution in [-0.4, -0.2) is 23.0 Å². The van der Waals surface area contributed by atoms with E-state index in [0.29, 0.717) is 10.2 Å². The van der Waals surface area contributed by atoms with Crippen LogP contribution in [0.3, 0.4) is 0 Å². The summed E-state index contributed by atoms with van der Waals surface area (Å²) < 4.78 is 0.698. The molecule has 1 aliphatic heterocycles. The van der Waals surface area contributed by atoms with Gasteiger partial charge < -0.3 is 5.11 Å². The van der Waals surface area contributed by atoms with E-state index in [9.17, 15) is 14.7 Å². The van der Waals surface area contributed by atoms with E-state index in [1.165, 1.54) is 4.90 Å². The van der Waals surface area contributed by atoms with Crippen molar-refractivity contribution in [2.75, 3.05) is 4.90 Å². The number of rotatable bonds is 2. The number of carbonyl (C=O) groups is 2. The molecule has 1 heterocycles. The van der Waals surface area contributed by atoms with Crippen LogP contribution in [0.4, 0.5) is 5.69 Å². The highest BCUT2D eigenvalue weighted by Crippen LogP contribution is 2.65. The van der Waals surface area contributed by atoms with Gasteiger partial charge in [0.25, 0.3) is 0 Å². The van der Waals surface area contributed by atoms with Gasteiger partial charge in [0.2, 0.25) is 11.8 Å². The summed E-state index contributed by atoms with van der Waals surface area (Å²) in [6.07, 6.45) is -0.848. The predicted octanol–water partition coefficient (Wildman–Crippen LogP) is 4.38. The Bertz CT molecular complexity index is 1220. The van der Waals surface area contributed by atoms with Gasteiger partial charge in [-0.2, -0.15) is 0 Å². The number of benzene rings is 3. The van der Waals surface area contributed by atoms with Gasteiger partial charge in [-0.25, -0.2) is 4.90 Å². The summed E-state index contributed by atoms with van der Waals surface area (Å²) in [5.74, 6) is -1.83. The van der Waals surface area contributed by atoms with E-state index in [1.54, 1.807) is 13.0 Å². The Hall–Kier alpha value is -2.76. The largest absolute Gasteiger partial charge is 0.392 e. The van der Waals surface area contributed by atoms with Crippen molar-refractivity contribution in [3.63, 3.8) is 0 Å². The molecule has 0 aromatic heterocycles. The molecular weight excluding hydrogens is 454 g/mol. The van der Waals surface area contributed by atoms with Gasteiger partial charge in [0.05, 0.1) is 29.0 Å². The number of halogens is 1. The van der Waals surface area contributed by atoms with Crippen molar-refractivity contribution in [3.8, 4) is 0 Å². The lowest BCUT2D eigenvalue weighted by Gasteiger charge is -2.55. The molecule has 1 saturated heterocycles. The van der Waals surface area contributed by atoms with Crippen LogP contribution in [0.1, 0.15) is 35.1 Å². The standard InChI is InChI=1S/C26H20BrNO3/c1-14(29)26-17-10-4-2-8-15(17)21(16-9-3-5-11-18(16)26)22-23(26)25(31)28(24(22)30)20-13-7-6-12-19(20)27/h2-14,21-23,29H,1H3/t14-,21?,22+,23-,26?/m1/s1. The van der Waals surface area contributed by atoms with Crippen LogP contribution in [0.15, 0.2) is 77.3 Å². The van der Waals surface area contributed by atoms with Crippen LogP contribution in [0.25, 0.3) is 0 Å². The molecular formula is C26H20BrNO3. The Morgan fingerprint density at radius 3 is 2.00 bits per heavy atom. The number of hydrogen-bond donors (Lipinski definition) is 1. The van der Waals surface area contributed by atoms with Gasteiger partial charge in [-0.05, 0) is 57.2 Å².